The fourth-order valence-electron chi connectivity index (χ4n) is 2.38. The molecule has 1 aromatic carbocycles. The van der Waals surface area contributed by atoms with E-state index < -0.39 is 0 Å². The molecule has 0 heterocycles. The highest BCUT2D eigenvalue weighted by Gasteiger charge is 2.28. The third-order valence-corrected chi connectivity index (χ3v) is 3.72. The van der Waals surface area contributed by atoms with E-state index in [1.807, 2.05) is 25.2 Å². The molecule has 1 aliphatic rings. The highest BCUT2D eigenvalue weighted by molar-refractivity contribution is 5.79. The van der Waals surface area contributed by atoms with Crippen molar-refractivity contribution < 1.29 is 14.3 Å². The quantitative estimate of drug-likeness (QED) is 0.819. The minimum absolute atomic E-state index is 0.224. The van der Waals surface area contributed by atoms with Crippen LogP contribution in [0.4, 0.5) is 0 Å². The lowest BCUT2D eigenvalue weighted by Crippen LogP contribution is -2.35. The van der Waals surface area contributed by atoms with Gasteiger partial charge in [0.1, 0.15) is 0 Å². The summed E-state index contributed by atoms with van der Waals surface area (Å²) in [5.74, 6) is 1.86. The summed E-state index contributed by atoms with van der Waals surface area (Å²) in [4.78, 5) is 13.9. The molecule has 0 N–H and O–H groups in total. The molecule has 1 aromatic rings. The minimum atomic E-state index is 0.224. The molecule has 2 rings (SSSR count). The second-order valence-corrected chi connectivity index (χ2v) is 4.97. The largest absolute Gasteiger partial charge is 0.493 e. The van der Waals surface area contributed by atoms with Gasteiger partial charge in [0.2, 0.25) is 5.91 Å². The van der Waals surface area contributed by atoms with Gasteiger partial charge in [0.15, 0.2) is 11.5 Å². The monoisotopic (exact) mass is 263 g/mol. The fourth-order valence-corrected chi connectivity index (χ4v) is 2.38. The number of benzene rings is 1. The van der Waals surface area contributed by atoms with Crippen LogP contribution in [0.5, 0.6) is 11.5 Å². The topological polar surface area (TPSA) is 38.8 Å². The molecule has 0 spiro atoms. The maximum absolute atomic E-state index is 12.1. The number of carbonyl (C=O) groups excluding carboxylic acids is 1. The van der Waals surface area contributed by atoms with E-state index in [-0.39, 0.29) is 11.8 Å². The molecular formula is C15H21NO3. The van der Waals surface area contributed by atoms with Crippen LogP contribution < -0.4 is 9.47 Å². The maximum Gasteiger partial charge on any atom is 0.225 e. The second kappa shape index (κ2) is 5.95. The van der Waals surface area contributed by atoms with Gasteiger partial charge in [-0.1, -0.05) is 18.6 Å². The van der Waals surface area contributed by atoms with Crippen LogP contribution in [0, 0.1) is 5.92 Å². The zero-order valence-electron chi connectivity index (χ0n) is 11.8. The summed E-state index contributed by atoms with van der Waals surface area (Å²) >= 11 is 0. The van der Waals surface area contributed by atoms with E-state index in [0.717, 1.165) is 18.4 Å². The van der Waals surface area contributed by atoms with Crippen LogP contribution in [0.1, 0.15) is 24.8 Å². The second-order valence-electron chi connectivity index (χ2n) is 4.97. The number of hydrogen-bond donors (Lipinski definition) is 0. The SMILES string of the molecule is COc1cccc(CN(C)C(=O)C2CCC2)c1OC. The predicted octanol–water partition coefficient (Wildman–Crippen LogP) is 2.46. The summed E-state index contributed by atoms with van der Waals surface area (Å²) in [6, 6.07) is 5.74. The Morgan fingerprint density at radius 1 is 1.32 bits per heavy atom. The number of carbonyl (C=O) groups is 1. The lowest BCUT2D eigenvalue weighted by atomic mass is 9.84. The van der Waals surface area contributed by atoms with Crippen LogP contribution in [0.15, 0.2) is 18.2 Å². The summed E-state index contributed by atoms with van der Waals surface area (Å²) in [6.45, 7) is 0.551. The van der Waals surface area contributed by atoms with E-state index in [0.29, 0.717) is 18.0 Å². The van der Waals surface area contributed by atoms with Gasteiger partial charge in [-0.05, 0) is 18.9 Å². The lowest BCUT2D eigenvalue weighted by molar-refractivity contribution is -0.137. The average Bonchev–Trinajstić information content (AvgIpc) is 2.36. The van der Waals surface area contributed by atoms with E-state index in [1.54, 1.807) is 19.1 Å². The van der Waals surface area contributed by atoms with Gasteiger partial charge in [0.25, 0.3) is 0 Å². The average molecular weight is 263 g/mol. The molecule has 0 radical (unpaired) electrons. The first-order valence-corrected chi connectivity index (χ1v) is 6.62. The van der Waals surface area contributed by atoms with Crippen LogP contribution in [0.3, 0.4) is 0 Å². The molecule has 0 unspecified atom stereocenters. The van der Waals surface area contributed by atoms with Gasteiger partial charge in [-0.25, -0.2) is 0 Å². The van der Waals surface area contributed by atoms with Crippen LogP contribution in [-0.2, 0) is 11.3 Å². The first-order chi connectivity index (χ1) is 9.17. The van der Waals surface area contributed by atoms with Crippen molar-refractivity contribution in [1.29, 1.82) is 0 Å². The molecule has 104 valence electrons. The molecule has 1 amide bonds. The number of rotatable bonds is 5. The molecule has 0 atom stereocenters. The molecule has 0 saturated heterocycles. The number of nitrogens with zero attached hydrogens (tertiary/aromatic N) is 1. The van der Waals surface area contributed by atoms with E-state index in [1.165, 1.54) is 6.42 Å². The van der Waals surface area contributed by atoms with Crippen LogP contribution >= 0.6 is 0 Å². The van der Waals surface area contributed by atoms with Gasteiger partial charge in [-0.2, -0.15) is 0 Å². The van der Waals surface area contributed by atoms with Crippen molar-refractivity contribution in [2.45, 2.75) is 25.8 Å². The predicted molar refractivity (Wildman–Crippen MR) is 73.4 cm³/mol. The van der Waals surface area contributed by atoms with Crippen molar-refractivity contribution in [3.8, 4) is 11.5 Å². The number of para-hydroxylation sites is 1. The highest BCUT2D eigenvalue weighted by atomic mass is 16.5. The van der Waals surface area contributed by atoms with Crippen molar-refractivity contribution in [3.63, 3.8) is 0 Å². The van der Waals surface area contributed by atoms with Crippen molar-refractivity contribution in [3.05, 3.63) is 23.8 Å². The number of methoxy groups -OCH3 is 2. The van der Waals surface area contributed by atoms with Crippen LogP contribution in [0.25, 0.3) is 0 Å². The van der Waals surface area contributed by atoms with E-state index in [4.69, 9.17) is 9.47 Å². The summed E-state index contributed by atoms with van der Waals surface area (Å²) in [5.41, 5.74) is 0.969. The van der Waals surface area contributed by atoms with Crippen molar-refractivity contribution >= 4 is 5.91 Å². The number of amides is 1. The Bertz CT molecular complexity index is 455. The Morgan fingerprint density at radius 3 is 2.58 bits per heavy atom. The summed E-state index contributed by atoms with van der Waals surface area (Å²) in [6.07, 6.45) is 3.23. The molecule has 0 aliphatic heterocycles. The molecule has 1 saturated carbocycles. The number of ether oxygens (including phenoxy) is 2. The number of hydrogen-bond acceptors (Lipinski definition) is 3. The van der Waals surface area contributed by atoms with Gasteiger partial charge < -0.3 is 14.4 Å². The summed E-state index contributed by atoms with van der Waals surface area (Å²) in [5, 5.41) is 0. The van der Waals surface area contributed by atoms with E-state index in [2.05, 4.69) is 0 Å². The smallest absolute Gasteiger partial charge is 0.225 e. The Morgan fingerprint density at radius 2 is 2.05 bits per heavy atom. The zero-order chi connectivity index (χ0) is 13.8. The summed E-state index contributed by atoms with van der Waals surface area (Å²) in [7, 11) is 5.08. The first kappa shape index (κ1) is 13.7. The van der Waals surface area contributed by atoms with Gasteiger partial charge in [-0.15, -0.1) is 0 Å². The Labute approximate surface area is 114 Å². The van der Waals surface area contributed by atoms with Gasteiger partial charge in [-0.3, -0.25) is 4.79 Å². The minimum Gasteiger partial charge on any atom is -0.493 e. The molecule has 1 aliphatic carbocycles. The molecule has 0 aromatic heterocycles. The van der Waals surface area contributed by atoms with Crippen molar-refractivity contribution in [1.82, 2.24) is 4.90 Å². The molecule has 19 heavy (non-hydrogen) atoms. The van der Waals surface area contributed by atoms with Gasteiger partial charge >= 0.3 is 0 Å². The van der Waals surface area contributed by atoms with Gasteiger partial charge in [0.05, 0.1) is 14.2 Å². The van der Waals surface area contributed by atoms with E-state index >= 15 is 0 Å². The molecule has 4 heteroatoms. The van der Waals surface area contributed by atoms with Gasteiger partial charge in [0, 0.05) is 25.1 Å². The summed E-state index contributed by atoms with van der Waals surface area (Å²) < 4.78 is 10.7. The molecule has 1 fully saturated rings. The highest BCUT2D eigenvalue weighted by Crippen LogP contribution is 2.33. The molecular weight excluding hydrogens is 242 g/mol. The standard InChI is InChI=1S/C15H21NO3/c1-16(15(17)11-6-4-7-11)10-12-8-5-9-13(18-2)14(12)19-3/h5,8-9,11H,4,6-7,10H2,1-3H3. The third-order valence-electron chi connectivity index (χ3n) is 3.72. The normalized spacial score (nSPS) is 14.7. The lowest BCUT2D eigenvalue weighted by Gasteiger charge is -2.29. The third kappa shape index (κ3) is 2.83. The Hall–Kier alpha value is -1.71. The van der Waals surface area contributed by atoms with Crippen LogP contribution in [0.2, 0.25) is 0 Å². The zero-order valence-corrected chi connectivity index (χ0v) is 11.8. The first-order valence-electron chi connectivity index (χ1n) is 6.62. The Balaban J connectivity index is 2.11. The van der Waals surface area contributed by atoms with E-state index in [9.17, 15) is 4.79 Å². The Kier molecular flexibility index (Phi) is 4.30. The molecule has 0 bridgehead atoms. The molecule has 4 nitrogen and oxygen atoms in total. The van der Waals surface area contributed by atoms with Crippen molar-refractivity contribution in [2.75, 3.05) is 21.3 Å². The van der Waals surface area contributed by atoms with Crippen LogP contribution in [-0.4, -0.2) is 32.1 Å². The fraction of sp³-hybridized carbons (Fsp3) is 0.533. The maximum atomic E-state index is 12.1. The van der Waals surface area contributed by atoms with Crippen molar-refractivity contribution in [2.24, 2.45) is 5.92 Å².